The molecule has 4 nitrogen and oxygen atoms in total. The Labute approximate surface area is 112 Å². The van der Waals surface area contributed by atoms with Crippen LogP contribution in [-0.2, 0) is 16.0 Å². The molecule has 0 saturated carbocycles. The summed E-state index contributed by atoms with van der Waals surface area (Å²) in [4.78, 5) is 23.9. The van der Waals surface area contributed by atoms with Crippen LogP contribution in [0.4, 0.5) is 0 Å². The lowest BCUT2D eigenvalue weighted by Gasteiger charge is -2.25. The van der Waals surface area contributed by atoms with Crippen LogP contribution >= 0.6 is 0 Å². The standard InChI is InChI=1S/C15H18N2O2/c1-10(2)8-12-14(18)17-13(15(19)16-12)9-11-6-4-3-5-7-11/h3-8,10,13H,9H2,1-2H3,(H,16,19)(H,17,18)/b12-8-. The van der Waals surface area contributed by atoms with Crippen LogP contribution < -0.4 is 10.6 Å². The monoisotopic (exact) mass is 258 g/mol. The van der Waals surface area contributed by atoms with Crippen LogP contribution in [-0.4, -0.2) is 17.9 Å². The lowest BCUT2D eigenvalue weighted by Crippen LogP contribution is -2.55. The van der Waals surface area contributed by atoms with Gasteiger partial charge in [-0.3, -0.25) is 9.59 Å². The highest BCUT2D eigenvalue weighted by Crippen LogP contribution is 2.09. The summed E-state index contributed by atoms with van der Waals surface area (Å²) in [5.74, 6) is -0.156. The molecule has 1 aromatic carbocycles. The number of amides is 2. The molecule has 0 radical (unpaired) electrons. The molecule has 0 aromatic heterocycles. The maximum absolute atomic E-state index is 12.0. The maximum Gasteiger partial charge on any atom is 0.268 e. The number of benzene rings is 1. The van der Waals surface area contributed by atoms with E-state index >= 15 is 0 Å². The Balaban J connectivity index is 2.07. The zero-order valence-electron chi connectivity index (χ0n) is 11.1. The molecule has 1 aliphatic heterocycles. The van der Waals surface area contributed by atoms with E-state index in [1.54, 1.807) is 6.08 Å². The third-order valence-corrected chi connectivity index (χ3v) is 2.91. The highest BCUT2D eigenvalue weighted by molar-refractivity contribution is 6.04. The van der Waals surface area contributed by atoms with Gasteiger partial charge in [-0.25, -0.2) is 0 Å². The molecular weight excluding hydrogens is 240 g/mol. The molecule has 19 heavy (non-hydrogen) atoms. The summed E-state index contributed by atoms with van der Waals surface area (Å²) in [6, 6.07) is 9.15. The lowest BCUT2D eigenvalue weighted by molar-refractivity contribution is -0.131. The van der Waals surface area contributed by atoms with Gasteiger partial charge in [-0.2, -0.15) is 0 Å². The first-order chi connectivity index (χ1) is 9.06. The number of hydrogen-bond acceptors (Lipinski definition) is 2. The number of rotatable bonds is 3. The van der Waals surface area contributed by atoms with Crippen molar-refractivity contribution in [2.45, 2.75) is 26.3 Å². The summed E-state index contributed by atoms with van der Waals surface area (Å²) in [5.41, 5.74) is 1.38. The highest BCUT2D eigenvalue weighted by Gasteiger charge is 2.29. The minimum Gasteiger partial charge on any atom is -0.339 e. The molecule has 1 atom stereocenters. The van der Waals surface area contributed by atoms with Gasteiger partial charge in [0.15, 0.2) is 0 Å². The number of allylic oxidation sites excluding steroid dienone is 1. The third kappa shape index (κ3) is 3.44. The predicted molar refractivity (Wildman–Crippen MR) is 73.1 cm³/mol. The second-order valence-corrected chi connectivity index (χ2v) is 5.03. The van der Waals surface area contributed by atoms with Crippen LogP contribution in [0.2, 0.25) is 0 Å². The highest BCUT2D eigenvalue weighted by atomic mass is 16.2. The van der Waals surface area contributed by atoms with Crippen LogP contribution in [0.15, 0.2) is 42.1 Å². The van der Waals surface area contributed by atoms with Crippen LogP contribution in [0.1, 0.15) is 19.4 Å². The van der Waals surface area contributed by atoms with Crippen LogP contribution in [0.5, 0.6) is 0 Å². The molecule has 1 aromatic rings. The van der Waals surface area contributed by atoms with Crippen molar-refractivity contribution in [3.05, 3.63) is 47.7 Å². The normalized spacial score (nSPS) is 21.4. The summed E-state index contributed by atoms with van der Waals surface area (Å²) >= 11 is 0. The van der Waals surface area contributed by atoms with Gasteiger partial charge in [0.25, 0.3) is 5.91 Å². The third-order valence-electron chi connectivity index (χ3n) is 2.91. The van der Waals surface area contributed by atoms with E-state index in [1.165, 1.54) is 0 Å². The van der Waals surface area contributed by atoms with Gasteiger partial charge in [0.2, 0.25) is 5.91 Å². The van der Waals surface area contributed by atoms with E-state index in [0.717, 1.165) is 5.56 Å². The Kier molecular flexibility index (Phi) is 4.00. The first-order valence-electron chi connectivity index (χ1n) is 6.43. The van der Waals surface area contributed by atoms with Gasteiger partial charge in [0, 0.05) is 6.42 Å². The van der Waals surface area contributed by atoms with E-state index in [-0.39, 0.29) is 17.7 Å². The minimum absolute atomic E-state index is 0.157. The summed E-state index contributed by atoms with van der Waals surface area (Å²) in [6.45, 7) is 3.92. The first-order valence-corrected chi connectivity index (χ1v) is 6.43. The Hall–Kier alpha value is -2.10. The van der Waals surface area contributed by atoms with Crippen LogP contribution in [0, 0.1) is 5.92 Å². The van der Waals surface area contributed by atoms with Crippen molar-refractivity contribution in [2.24, 2.45) is 5.92 Å². The van der Waals surface area contributed by atoms with Gasteiger partial charge in [-0.15, -0.1) is 0 Å². The SMILES string of the molecule is CC(C)/C=C1\NC(=O)C(Cc2ccccc2)NC1=O. The summed E-state index contributed by atoms with van der Waals surface area (Å²) in [6.07, 6.45) is 2.26. The fraction of sp³-hybridized carbons (Fsp3) is 0.333. The number of hydrogen-bond donors (Lipinski definition) is 2. The molecule has 1 saturated heterocycles. The molecule has 1 heterocycles. The maximum atomic E-state index is 12.0. The minimum atomic E-state index is -0.501. The van der Waals surface area contributed by atoms with Crippen molar-refractivity contribution >= 4 is 11.8 Å². The zero-order chi connectivity index (χ0) is 13.8. The first kappa shape index (κ1) is 13.3. The van der Waals surface area contributed by atoms with E-state index in [1.807, 2.05) is 44.2 Å². The van der Waals surface area contributed by atoms with Crippen LogP contribution in [0.25, 0.3) is 0 Å². The van der Waals surface area contributed by atoms with Gasteiger partial charge < -0.3 is 10.6 Å². The molecule has 100 valence electrons. The van der Waals surface area contributed by atoms with Crippen molar-refractivity contribution in [3.8, 4) is 0 Å². The quantitative estimate of drug-likeness (QED) is 0.805. The lowest BCUT2D eigenvalue weighted by atomic mass is 10.0. The Morgan fingerprint density at radius 2 is 1.89 bits per heavy atom. The molecule has 2 N–H and O–H groups in total. The van der Waals surface area contributed by atoms with Gasteiger partial charge in [-0.1, -0.05) is 50.3 Å². The van der Waals surface area contributed by atoms with Gasteiger partial charge >= 0.3 is 0 Å². The van der Waals surface area contributed by atoms with Crippen molar-refractivity contribution < 1.29 is 9.59 Å². The molecule has 1 fully saturated rings. The van der Waals surface area contributed by atoms with Crippen molar-refractivity contribution in [3.63, 3.8) is 0 Å². The number of piperazine rings is 1. The molecular formula is C15H18N2O2. The summed E-state index contributed by atoms with van der Waals surface area (Å²) < 4.78 is 0. The smallest absolute Gasteiger partial charge is 0.268 e. The fourth-order valence-electron chi connectivity index (χ4n) is 2.02. The Morgan fingerprint density at radius 3 is 2.53 bits per heavy atom. The Bertz CT molecular complexity index is 506. The number of nitrogens with one attached hydrogen (secondary N) is 2. The number of carbonyl (C=O) groups excluding carboxylic acids is 2. The van der Waals surface area contributed by atoms with Crippen molar-refractivity contribution in [2.75, 3.05) is 0 Å². The molecule has 0 aliphatic carbocycles. The predicted octanol–water partition coefficient (Wildman–Crippen LogP) is 1.38. The molecule has 0 spiro atoms. The second kappa shape index (κ2) is 5.69. The van der Waals surface area contributed by atoms with E-state index in [9.17, 15) is 9.59 Å². The van der Waals surface area contributed by atoms with Gasteiger partial charge in [0.05, 0.1) is 0 Å². The summed E-state index contributed by atoms with van der Waals surface area (Å²) in [7, 11) is 0. The average molecular weight is 258 g/mol. The molecule has 2 amide bonds. The van der Waals surface area contributed by atoms with E-state index in [4.69, 9.17) is 0 Å². The summed E-state index contributed by atoms with van der Waals surface area (Å²) in [5, 5.41) is 5.43. The zero-order valence-corrected chi connectivity index (χ0v) is 11.1. The molecule has 4 heteroatoms. The van der Waals surface area contributed by atoms with Crippen molar-refractivity contribution in [1.82, 2.24) is 10.6 Å². The van der Waals surface area contributed by atoms with E-state index in [0.29, 0.717) is 12.1 Å². The van der Waals surface area contributed by atoms with Gasteiger partial charge in [0.1, 0.15) is 11.7 Å². The fourth-order valence-corrected chi connectivity index (χ4v) is 2.02. The Morgan fingerprint density at radius 1 is 1.21 bits per heavy atom. The van der Waals surface area contributed by atoms with Gasteiger partial charge in [-0.05, 0) is 11.5 Å². The molecule has 0 bridgehead atoms. The average Bonchev–Trinajstić information content (AvgIpc) is 2.36. The topological polar surface area (TPSA) is 58.2 Å². The van der Waals surface area contributed by atoms with Crippen LogP contribution in [0.3, 0.4) is 0 Å². The molecule has 1 unspecified atom stereocenters. The largest absolute Gasteiger partial charge is 0.339 e. The molecule has 2 rings (SSSR count). The van der Waals surface area contributed by atoms with E-state index < -0.39 is 6.04 Å². The molecule has 1 aliphatic rings. The van der Waals surface area contributed by atoms with E-state index in [2.05, 4.69) is 10.6 Å². The number of carbonyl (C=O) groups is 2. The second-order valence-electron chi connectivity index (χ2n) is 5.03. The van der Waals surface area contributed by atoms with Crippen molar-refractivity contribution in [1.29, 1.82) is 0 Å².